The summed E-state index contributed by atoms with van der Waals surface area (Å²) in [6.45, 7) is 0.0166. The predicted molar refractivity (Wildman–Crippen MR) is 69.5 cm³/mol. The second-order valence-electron chi connectivity index (χ2n) is 4.54. The lowest BCUT2D eigenvalue weighted by atomic mass is 9.89. The van der Waals surface area contributed by atoms with Crippen molar-refractivity contribution in [3.05, 3.63) is 71.0 Å². The van der Waals surface area contributed by atoms with Crippen molar-refractivity contribution in [1.82, 2.24) is 0 Å². The van der Waals surface area contributed by atoms with Crippen molar-refractivity contribution in [3.8, 4) is 0 Å². The first-order valence-electron chi connectivity index (χ1n) is 6.11. The van der Waals surface area contributed by atoms with Gasteiger partial charge in [0.05, 0.1) is 6.10 Å². The summed E-state index contributed by atoms with van der Waals surface area (Å²) in [5.41, 5.74) is 6.15. The maximum Gasteiger partial charge on any atom is 0.126 e. The maximum absolute atomic E-state index is 13.2. The van der Waals surface area contributed by atoms with E-state index in [0.29, 0.717) is 5.56 Å². The van der Waals surface area contributed by atoms with E-state index >= 15 is 0 Å². The van der Waals surface area contributed by atoms with E-state index in [2.05, 4.69) is 0 Å². The molecule has 0 aliphatic carbocycles. The molecule has 0 aliphatic heterocycles. The molecule has 0 spiro atoms. The minimum atomic E-state index is -1.22. The van der Waals surface area contributed by atoms with E-state index < -0.39 is 29.5 Å². The number of aliphatic hydroxyl groups excluding tert-OH is 1. The zero-order valence-corrected chi connectivity index (χ0v) is 10.6. The zero-order chi connectivity index (χ0) is 14.7. The van der Waals surface area contributed by atoms with Crippen LogP contribution in [0, 0.1) is 17.5 Å². The number of hydrogen-bond acceptors (Lipinski definition) is 2. The molecule has 0 amide bonds. The molecular formula is C15H14F3NO. The third kappa shape index (κ3) is 3.18. The fourth-order valence-electron chi connectivity index (χ4n) is 2.16. The Morgan fingerprint density at radius 3 is 2.05 bits per heavy atom. The average Bonchev–Trinajstić information content (AvgIpc) is 2.38. The molecule has 2 atom stereocenters. The highest BCUT2D eigenvalue weighted by Gasteiger charge is 2.23. The second kappa shape index (κ2) is 6.07. The Morgan fingerprint density at radius 1 is 0.900 bits per heavy atom. The molecule has 106 valence electrons. The molecule has 0 saturated heterocycles. The summed E-state index contributed by atoms with van der Waals surface area (Å²) < 4.78 is 39.6. The molecule has 20 heavy (non-hydrogen) atoms. The van der Waals surface area contributed by atoms with E-state index in [-0.39, 0.29) is 12.1 Å². The number of halogens is 3. The van der Waals surface area contributed by atoms with Crippen LogP contribution in [0.3, 0.4) is 0 Å². The first-order valence-corrected chi connectivity index (χ1v) is 6.11. The molecule has 2 unspecified atom stereocenters. The molecule has 3 N–H and O–H groups in total. The SMILES string of the molecule is NCC(c1cccc(F)c1)C(O)c1cc(F)cc(F)c1. The molecule has 2 nitrogen and oxygen atoms in total. The van der Waals surface area contributed by atoms with Crippen LogP contribution in [0.25, 0.3) is 0 Å². The fraction of sp³-hybridized carbons (Fsp3) is 0.200. The lowest BCUT2D eigenvalue weighted by molar-refractivity contribution is 0.146. The first-order chi connectivity index (χ1) is 9.51. The van der Waals surface area contributed by atoms with Gasteiger partial charge in [0.15, 0.2) is 0 Å². The molecule has 2 rings (SSSR count). The number of benzene rings is 2. The van der Waals surface area contributed by atoms with Crippen molar-refractivity contribution < 1.29 is 18.3 Å². The van der Waals surface area contributed by atoms with E-state index in [1.165, 1.54) is 18.2 Å². The van der Waals surface area contributed by atoms with Crippen molar-refractivity contribution in [2.45, 2.75) is 12.0 Å². The van der Waals surface area contributed by atoms with Gasteiger partial charge in [-0.25, -0.2) is 13.2 Å². The van der Waals surface area contributed by atoms with Crippen LogP contribution in [-0.4, -0.2) is 11.7 Å². The highest BCUT2D eigenvalue weighted by Crippen LogP contribution is 2.31. The summed E-state index contributed by atoms with van der Waals surface area (Å²) in [6, 6.07) is 8.41. The topological polar surface area (TPSA) is 46.2 Å². The maximum atomic E-state index is 13.2. The van der Waals surface area contributed by atoms with E-state index in [4.69, 9.17) is 5.73 Å². The minimum absolute atomic E-state index is 0.0166. The van der Waals surface area contributed by atoms with Crippen LogP contribution in [0.15, 0.2) is 42.5 Å². The Hall–Kier alpha value is -1.85. The number of rotatable bonds is 4. The van der Waals surface area contributed by atoms with E-state index in [1.54, 1.807) is 6.07 Å². The third-order valence-electron chi connectivity index (χ3n) is 3.14. The van der Waals surface area contributed by atoms with Crippen LogP contribution < -0.4 is 5.73 Å². The summed E-state index contributed by atoms with van der Waals surface area (Å²) >= 11 is 0. The number of hydrogen-bond donors (Lipinski definition) is 2. The van der Waals surface area contributed by atoms with Gasteiger partial charge in [-0.2, -0.15) is 0 Å². The quantitative estimate of drug-likeness (QED) is 0.905. The Bertz CT molecular complexity index is 583. The van der Waals surface area contributed by atoms with E-state index in [9.17, 15) is 18.3 Å². The molecule has 0 heterocycles. The van der Waals surface area contributed by atoms with Crippen molar-refractivity contribution in [2.24, 2.45) is 5.73 Å². The monoisotopic (exact) mass is 281 g/mol. The number of nitrogens with two attached hydrogens (primary N) is 1. The highest BCUT2D eigenvalue weighted by molar-refractivity contribution is 5.28. The van der Waals surface area contributed by atoms with Gasteiger partial charge in [-0.05, 0) is 35.4 Å². The summed E-state index contributed by atoms with van der Waals surface area (Å²) in [5.74, 6) is -2.67. The van der Waals surface area contributed by atoms with Gasteiger partial charge in [0.25, 0.3) is 0 Å². The van der Waals surface area contributed by atoms with Crippen LogP contribution >= 0.6 is 0 Å². The van der Waals surface area contributed by atoms with Crippen molar-refractivity contribution >= 4 is 0 Å². The zero-order valence-electron chi connectivity index (χ0n) is 10.6. The Morgan fingerprint density at radius 2 is 1.50 bits per heavy atom. The van der Waals surface area contributed by atoms with Crippen LogP contribution in [0.4, 0.5) is 13.2 Å². The molecule has 0 fully saturated rings. The minimum Gasteiger partial charge on any atom is -0.388 e. The van der Waals surface area contributed by atoms with Gasteiger partial charge in [-0.1, -0.05) is 12.1 Å². The highest BCUT2D eigenvalue weighted by atomic mass is 19.1. The standard InChI is InChI=1S/C15H14F3NO/c16-11-3-1-2-9(4-11)14(8-19)15(20)10-5-12(17)7-13(18)6-10/h1-7,14-15,20H,8,19H2. The lowest BCUT2D eigenvalue weighted by Crippen LogP contribution is -2.20. The summed E-state index contributed by atoms with van der Waals surface area (Å²) in [6.07, 6.45) is -1.22. The van der Waals surface area contributed by atoms with Gasteiger partial charge < -0.3 is 10.8 Å². The molecule has 5 heteroatoms. The molecular weight excluding hydrogens is 267 g/mol. The molecule has 0 aliphatic rings. The van der Waals surface area contributed by atoms with Crippen LogP contribution in [0.1, 0.15) is 23.1 Å². The Labute approximate surface area is 114 Å². The molecule has 0 saturated carbocycles. The molecule has 0 radical (unpaired) electrons. The van der Waals surface area contributed by atoms with Gasteiger partial charge in [0.1, 0.15) is 17.5 Å². The van der Waals surface area contributed by atoms with Gasteiger partial charge in [0, 0.05) is 18.5 Å². The van der Waals surface area contributed by atoms with Crippen LogP contribution in [0.5, 0.6) is 0 Å². The van der Waals surface area contributed by atoms with Crippen molar-refractivity contribution in [2.75, 3.05) is 6.54 Å². The molecule has 2 aromatic carbocycles. The lowest BCUT2D eigenvalue weighted by Gasteiger charge is -2.22. The van der Waals surface area contributed by atoms with Gasteiger partial charge in [-0.3, -0.25) is 0 Å². The van der Waals surface area contributed by atoms with Gasteiger partial charge >= 0.3 is 0 Å². The Balaban J connectivity index is 2.35. The third-order valence-corrected chi connectivity index (χ3v) is 3.14. The molecule has 0 bridgehead atoms. The smallest absolute Gasteiger partial charge is 0.126 e. The normalized spacial score (nSPS) is 14.1. The largest absolute Gasteiger partial charge is 0.388 e. The van der Waals surface area contributed by atoms with Gasteiger partial charge in [0.2, 0.25) is 0 Å². The van der Waals surface area contributed by atoms with Gasteiger partial charge in [-0.15, -0.1) is 0 Å². The van der Waals surface area contributed by atoms with Crippen molar-refractivity contribution in [3.63, 3.8) is 0 Å². The molecule has 2 aromatic rings. The summed E-state index contributed by atoms with van der Waals surface area (Å²) in [4.78, 5) is 0. The second-order valence-corrected chi connectivity index (χ2v) is 4.54. The number of aliphatic hydroxyl groups is 1. The first kappa shape index (κ1) is 14.6. The molecule has 0 aromatic heterocycles. The van der Waals surface area contributed by atoms with Crippen molar-refractivity contribution in [1.29, 1.82) is 0 Å². The Kier molecular flexibility index (Phi) is 4.42. The van der Waals surface area contributed by atoms with Crippen LogP contribution in [-0.2, 0) is 0 Å². The summed E-state index contributed by atoms with van der Waals surface area (Å²) in [7, 11) is 0. The summed E-state index contributed by atoms with van der Waals surface area (Å²) in [5, 5.41) is 10.2. The van der Waals surface area contributed by atoms with Crippen LogP contribution in [0.2, 0.25) is 0 Å². The fourth-order valence-corrected chi connectivity index (χ4v) is 2.16. The predicted octanol–water partition coefficient (Wildman–Crippen LogP) is 2.88. The average molecular weight is 281 g/mol. The van der Waals surface area contributed by atoms with E-state index in [1.807, 2.05) is 0 Å². The van der Waals surface area contributed by atoms with E-state index in [0.717, 1.165) is 18.2 Å².